The molecule has 0 atom stereocenters. The largest absolute Gasteiger partial charge is 0.504 e. The highest BCUT2D eigenvalue weighted by Gasteiger charge is 2.07. The molecule has 1 rings (SSSR count). The molecule has 0 amide bonds. The van der Waals surface area contributed by atoms with Crippen LogP contribution >= 0.6 is 35.6 Å². The number of rotatable bonds is 5. The van der Waals surface area contributed by atoms with Gasteiger partial charge in [-0.25, -0.2) is 0 Å². The van der Waals surface area contributed by atoms with Crippen LogP contribution in [-0.2, 0) is 0 Å². The number of halogens is 3. The molecule has 0 aliphatic carbocycles. The highest BCUT2D eigenvalue weighted by Crippen LogP contribution is 2.29. The third kappa shape index (κ3) is 4.16. The van der Waals surface area contributed by atoms with Gasteiger partial charge in [0.05, 0.1) is 0 Å². The first kappa shape index (κ1) is 15.5. The van der Waals surface area contributed by atoms with E-state index >= 15 is 0 Å². The molecule has 0 radical (unpaired) electrons. The third-order valence-electron chi connectivity index (χ3n) is 2.03. The van der Waals surface area contributed by atoms with Crippen molar-refractivity contribution in [3.63, 3.8) is 0 Å². The van der Waals surface area contributed by atoms with Crippen LogP contribution in [0.2, 0.25) is 0 Å². The molecule has 0 saturated heterocycles. The Kier molecular flexibility index (Phi) is 7.47. The minimum Gasteiger partial charge on any atom is -0.504 e. The third-order valence-corrected chi connectivity index (χ3v) is 2.37. The molecule has 0 heterocycles. The quantitative estimate of drug-likeness (QED) is 0.646. The Morgan fingerprint density at radius 1 is 1.00 bits per heavy atom. The first-order valence-electron chi connectivity index (χ1n) is 4.58. The van der Waals surface area contributed by atoms with Crippen molar-refractivity contribution in [2.75, 3.05) is 29.7 Å². The first-order chi connectivity index (χ1) is 7.19. The fraction of sp³-hybridized carbons (Fsp3) is 0.400. The second-order valence-electron chi connectivity index (χ2n) is 3.04. The van der Waals surface area contributed by atoms with Gasteiger partial charge in [0.2, 0.25) is 0 Å². The molecule has 0 unspecified atom stereocenters. The standard InChI is InChI=1S/C10H13Cl2NO2.ClH/c11-3-5-13(6-4-12)8-1-2-9(14)10(15)7-8;/h1-2,7,14-15H,3-6H2;1H. The van der Waals surface area contributed by atoms with E-state index in [-0.39, 0.29) is 23.9 Å². The summed E-state index contributed by atoms with van der Waals surface area (Å²) in [6.45, 7) is 1.30. The van der Waals surface area contributed by atoms with Gasteiger partial charge in [0.25, 0.3) is 0 Å². The van der Waals surface area contributed by atoms with E-state index in [1.54, 1.807) is 6.07 Å². The summed E-state index contributed by atoms with van der Waals surface area (Å²) < 4.78 is 0. The van der Waals surface area contributed by atoms with E-state index in [4.69, 9.17) is 28.3 Å². The van der Waals surface area contributed by atoms with Gasteiger partial charge in [-0.15, -0.1) is 35.6 Å². The SMILES string of the molecule is Cl.Oc1ccc(N(CCCl)CCCl)cc1O. The van der Waals surface area contributed by atoms with Crippen LogP contribution in [0, 0.1) is 0 Å². The number of hydrogen-bond acceptors (Lipinski definition) is 3. The summed E-state index contributed by atoms with van der Waals surface area (Å²) in [6, 6.07) is 4.66. The summed E-state index contributed by atoms with van der Waals surface area (Å²) >= 11 is 11.3. The van der Waals surface area contributed by atoms with Crippen molar-refractivity contribution >= 4 is 41.3 Å². The van der Waals surface area contributed by atoms with Gasteiger partial charge in [-0.1, -0.05) is 0 Å². The maximum atomic E-state index is 9.34. The van der Waals surface area contributed by atoms with E-state index in [2.05, 4.69) is 0 Å². The molecule has 0 aromatic heterocycles. The molecule has 0 aliphatic rings. The number of alkyl halides is 2. The monoisotopic (exact) mass is 285 g/mol. The van der Waals surface area contributed by atoms with Gasteiger partial charge >= 0.3 is 0 Å². The average molecular weight is 287 g/mol. The van der Waals surface area contributed by atoms with Crippen molar-refractivity contribution in [1.29, 1.82) is 0 Å². The van der Waals surface area contributed by atoms with Crippen LogP contribution in [0.5, 0.6) is 11.5 Å². The van der Waals surface area contributed by atoms with Crippen LogP contribution < -0.4 is 4.90 Å². The van der Waals surface area contributed by atoms with E-state index in [9.17, 15) is 5.11 Å². The Bertz CT molecular complexity index is 317. The Balaban J connectivity index is 0.00000225. The molecular formula is C10H14Cl3NO2. The zero-order chi connectivity index (χ0) is 11.3. The normalized spacial score (nSPS) is 9.62. The molecule has 1 aromatic rings. The molecule has 2 N–H and O–H groups in total. The molecule has 0 spiro atoms. The van der Waals surface area contributed by atoms with Gasteiger partial charge in [-0.3, -0.25) is 0 Å². The summed E-state index contributed by atoms with van der Waals surface area (Å²) in [6.07, 6.45) is 0. The smallest absolute Gasteiger partial charge is 0.159 e. The number of phenolic OH excluding ortho intramolecular Hbond substituents is 2. The predicted octanol–water partition coefficient (Wildman–Crippen LogP) is 2.80. The molecular weight excluding hydrogens is 272 g/mol. The molecule has 6 heteroatoms. The summed E-state index contributed by atoms with van der Waals surface area (Å²) in [5, 5.41) is 18.5. The Labute approximate surface area is 111 Å². The zero-order valence-corrected chi connectivity index (χ0v) is 10.9. The van der Waals surface area contributed by atoms with Crippen LogP contribution in [0.15, 0.2) is 18.2 Å². The van der Waals surface area contributed by atoms with Crippen LogP contribution in [0.1, 0.15) is 0 Å². The van der Waals surface area contributed by atoms with Crippen molar-refractivity contribution in [2.24, 2.45) is 0 Å². The average Bonchev–Trinajstić information content (AvgIpc) is 2.22. The minimum atomic E-state index is -0.137. The lowest BCUT2D eigenvalue weighted by Crippen LogP contribution is -2.27. The predicted molar refractivity (Wildman–Crippen MR) is 70.7 cm³/mol. The van der Waals surface area contributed by atoms with Gasteiger partial charge in [-0.2, -0.15) is 0 Å². The molecule has 92 valence electrons. The molecule has 3 nitrogen and oxygen atoms in total. The van der Waals surface area contributed by atoms with Crippen molar-refractivity contribution in [1.82, 2.24) is 0 Å². The van der Waals surface area contributed by atoms with Gasteiger partial charge in [0.15, 0.2) is 11.5 Å². The van der Waals surface area contributed by atoms with Gasteiger partial charge in [0.1, 0.15) is 0 Å². The summed E-state index contributed by atoms with van der Waals surface area (Å²) in [4.78, 5) is 1.94. The number of phenols is 2. The molecule has 0 saturated carbocycles. The fourth-order valence-corrected chi connectivity index (χ4v) is 1.69. The highest BCUT2D eigenvalue weighted by atomic mass is 35.5. The molecule has 0 bridgehead atoms. The van der Waals surface area contributed by atoms with Crippen LogP contribution in [0.25, 0.3) is 0 Å². The van der Waals surface area contributed by atoms with Crippen LogP contribution in [0.3, 0.4) is 0 Å². The lowest BCUT2D eigenvalue weighted by molar-refractivity contribution is 0.404. The molecule has 0 fully saturated rings. The second-order valence-corrected chi connectivity index (χ2v) is 3.79. The maximum absolute atomic E-state index is 9.34. The topological polar surface area (TPSA) is 43.7 Å². The lowest BCUT2D eigenvalue weighted by Gasteiger charge is -2.22. The number of nitrogens with zero attached hydrogens (tertiary/aromatic N) is 1. The van der Waals surface area contributed by atoms with Crippen molar-refractivity contribution in [3.05, 3.63) is 18.2 Å². The van der Waals surface area contributed by atoms with Gasteiger partial charge in [-0.05, 0) is 12.1 Å². The van der Waals surface area contributed by atoms with E-state index in [1.165, 1.54) is 12.1 Å². The van der Waals surface area contributed by atoms with E-state index in [0.717, 1.165) is 5.69 Å². The van der Waals surface area contributed by atoms with E-state index in [1.807, 2.05) is 4.90 Å². The lowest BCUT2D eigenvalue weighted by atomic mass is 10.2. The Hall–Kier alpha value is -0.510. The highest BCUT2D eigenvalue weighted by molar-refractivity contribution is 6.18. The van der Waals surface area contributed by atoms with Crippen molar-refractivity contribution < 1.29 is 10.2 Å². The second kappa shape index (κ2) is 7.71. The number of anilines is 1. The van der Waals surface area contributed by atoms with Crippen molar-refractivity contribution in [3.8, 4) is 11.5 Å². The Morgan fingerprint density at radius 3 is 2.00 bits per heavy atom. The van der Waals surface area contributed by atoms with E-state index < -0.39 is 0 Å². The minimum absolute atomic E-state index is 0. The maximum Gasteiger partial charge on any atom is 0.159 e. The number of benzene rings is 1. The van der Waals surface area contributed by atoms with Gasteiger partial charge in [0, 0.05) is 36.6 Å². The molecule has 16 heavy (non-hydrogen) atoms. The summed E-state index contributed by atoms with van der Waals surface area (Å²) in [7, 11) is 0. The number of aromatic hydroxyl groups is 2. The van der Waals surface area contributed by atoms with Crippen LogP contribution in [-0.4, -0.2) is 35.1 Å². The molecule has 1 aromatic carbocycles. The van der Waals surface area contributed by atoms with E-state index in [0.29, 0.717) is 24.8 Å². The number of hydrogen-bond donors (Lipinski definition) is 2. The molecule has 0 aliphatic heterocycles. The summed E-state index contributed by atoms with van der Waals surface area (Å²) in [5.74, 6) is 0.703. The fourth-order valence-electron chi connectivity index (χ4n) is 1.28. The van der Waals surface area contributed by atoms with Crippen molar-refractivity contribution in [2.45, 2.75) is 0 Å². The van der Waals surface area contributed by atoms with Gasteiger partial charge < -0.3 is 15.1 Å². The Morgan fingerprint density at radius 2 is 1.56 bits per heavy atom. The van der Waals surface area contributed by atoms with Crippen LogP contribution in [0.4, 0.5) is 5.69 Å². The summed E-state index contributed by atoms with van der Waals surface area (Å²) in [5.41, 5.74) is 0.798. The zero-order valence-electron chi connectivity index (χ0n) is 8.57. The first-order valence-corrected chi connectivity index (χ1v) is 5.64.